The highest BCUT2D eigenvalue weighted by Gasteiger charge is 2.18. The minimum atomic E-state index is -3.72. The molecule has 1 heterocycles. The van der Waals surface area contributed by atoms with Crippen LogP contribution in [0, 0.1) is 0 Å². The number of aromatic amines is 1. The van der Waals surface area contributed by atoms with Gasteiger partial charge in [-0.15, -0.1) is 0 Å². The summed E-state index contributed by atoms with van der Waals surface area (Å²) in [6.45, 7) is 0.130. The Balaban J connectivity index is 2.07. The number of nitrogens with one attached hydrogen (secondary N) is 2. The molecule has 0 saturated carbocycles. The second-order valence-electron chi connectivity index (χ2n) is 4.41. The lowest BCUT2D eigenvalue weighted by Gasteiger charge is -2.06. The zero-order chi connectivity index (χ0) is 16.2. The average Bonchev–Trinajstić information content (AvgIpc) is 3.03. The van der Waals surface area contributed by atoms with Crippen molar-refractivity contribution in [3.63, 3.8) is 0 Å². The molecule has 0 aliphatic heterocycles. The molecule has 0 atom stereocenters. The zero-order valence-electron chi connectivity index (χ0n) is 12.1. The van der Waals surface area contributed by atoms with Gasteiger partial charge in [-0.2, -0.15) is 0 Å². The Bertz CT molecular complexity index is 750. The second-order valence-corrected chi connectivity index (χ2v) is 6.18. The number of aromatic nitrogens is 1. The Morgan fingerprint density at radius 2 is 1.91 bits per heavy atom. The topological polar surface area (TPSA) is 97.5 Å². The molecule has 0 spiro atoms. The van der Waals surface area contributed by atoms with Gasteiger partial charge in [0.1, 0.15) is 16.3 Å². The third-order valence-electron chi connectivity index (χ3n) is 3.00. The summed E-state index contributed by atoms with van der Waals surface area (Å²) in [5.74, 6) is 0.0663. The zero-order valence-corrected chi connectivity index (χ0v) is 12.9. The third kappa shape index (κ3) is 3.66. The van der Waals surface area contributed by atoms with E-state index in [0.717, 1.165) is 5.56 Å². The maximum atomic E-state index is 12.1. The summed E-state index contributed by atoms with van der Waals surface area (Å²) < 4.78 is 36.3. The summed E-state index contributed by atoms with van der Waals surface area (Å²) >= 11 is 0. The number of H-pyrrole nitrogens is 1. The molecule has 0 fully saturated rings. The number of carbonyl (C=O) groups is 1. The maximum absolute atomic E-state index is 12.1. The highest BCUT2D eigenvalue weighted by molar-refractivity contribution is 7.89. The van der Waals surface area contributed by atoms with Crippen LogP contribution in [0.2, 0.25) is 0 Å². The van der Waals surface area contributed by atoms with Gasteiger partial charge in [-0.05, 0) is 23.8 Å². The number of methoxy groups -OCH3 is 2. The van der Waals surface area contributed by atoms with Crippen LogP contribution >= 0.6 is 0 Å². The fraction of sp³-hybridized carbons (Fsp3) is 0.214. The van der Waals surface area contributed by atoms with Crippen LogP contribution in [0.5, 0.6) is 5.75 Å². The SMILES string of the molecule is COC(=O)c1cc(S(=O)(=O)NCc2ccc(OC)cc2)c[nH]1. The Kier molecular flexibility index (Phi) is 4.84. The van der Waals surface area contributed by atoms with Crippen LogP contribution < -0.4 is 9.46 Å². The van der Waals surface area contributed by atoms with Gasteiger partial charge in [-0.25, -0.2) is 17.9 Å². The number of hydrogen-bond acceptors (Lipinski definition) is 5. The van der Waals surface area contributed by atoms with Gasteiger partial charge in [0.2, 0.25) is 10.0 Å². The fourth-order valence-corrected chi connectivity index (χ4v) is 2.77. The van der Waals surface area contributed by atoms with Gasteiger partial charge in [0.05, 0.1) is 14.2 Å². The van der Waals surface area contributed by atoms with Crippen LogP contribution in [0.1, 0.15) is 16.1 Å². The molecule has 0 saturated heterocycles. The molecule has 8 heteroatoms. The van der Waals surface area contributed by atoms with E-state index >= 15 is 0 Å². The van der Waals surface area contributed by atoms with Crippen molar-refractivity contribution >= 4 is 16.0 Å². The largest absolute Gasteiger partial charge is 0.497 e. The van der Waals surface area contributed by atoms with Crippen LogP contribution in [-0.2, 0) is 21.3 Å². The van der Waals surface area contributed by atoms with E-state index in [1.807, 2.05) is 0 Å². The minimum Gasteiger partial charge on any atom is -0.497 e. The number of carbonyl (C=O) groups excluding carboxylic acids is 1. The molecule has 118 valence electrons. The summed E-state index contributed by atoms with van der Waals surface area (Å²) in [4.78, 5) is 13.9. The normalized spacial score (nSPS) is 11.2. The van der Waals surface area contributed by atoms with Gasteiger partial charge in [0.25, 0.3) is 0 Å². The molecular formula is C14H16N2O5S. The Morgan fingerprint density at radius 3 is 2.50 bits per heavy atom. The van der Waals surface area contributed by atoms with Crippen molar-refractivity contribution in [3.8, 4) is 5.75 Å². The second kappa shape index (κ2) is 6.63. The first-order valence-corrected chi connectivity index (χ1v) is 7.84. The van der Waals surface area contributed by atoms with Crippen molar-refractivity contribution in [3.05, 3.63) is 47.8 Å². The fourth-order valence-electron chi connectivity index (χ4n) is 1.76. The standard InChI is InChI=1S/C14H16N2O5S/c1-20-11-5-3-10(4-6-11)8-16-22(18,19)12-7-13(15-9-12)14(17)21-2/h3-7,9,15-16H,8H2,1-2H3. The Hall–Kier alpha value is -2.32. The van der Waals surface area contributed by atoms with E-state index in [-0.39, 0.29) is 17.1 Å². The molecule has 0 bridgehead atoms. The van der Waals surface area contributed by atoms with Crippen molar-refractivity contribution in [2.24, 2.45) is 0 Å². The number of hydrogen-bond donors (Lipinski definition) is 2. The summed E-state index contributed by atoms with van der Waals surface area (Å²) in [5, 5.41) is 0. The molecule has 2 N–H and O–H groups in total. The van der Waals surface area contributed by atoms with Crippen molar-refractivity contribution in [1.29, 1.82) is 0 Å². The highest BCUT2D eigenvalue weighted by Crippen LogP contribution is 2.14. The monoisotopic (exact) mass is 324 g/mol. The molecule has 22 heavy (non-hydrogen) atoms. The number of benzene rings is 1. The lowest BCUT2D eigenvalue weighted by atomic mass is 10.2. The summed E-state index contributed by atoms with van der Waals surface area (Å²) in [6, 6.07) is 8.24. The van der Waals surface area contributed by atoms with E-state index in [1.165, 1.54) is 19.4 Å². The van der Waals surface area contributed by atoms with Crippen molar-refractivity contribution < 1.29 is 22.7 Å². The van der Waals surface area contributed by atoms with E-state index in [2.05, 4.69) is 14.4 Å². The third-order valence-corrected chi connectivity index (χ3v) is 4.38. The van der Waals surface area contributed by atoms with Crippen molar-refractivity contribution in [2.75, 3.05) is 14.2 Å². The van der Waals surface area contributed by atoms with E-state index in [9.17, 15) is 13.2 Å². The molecule has 7 nitrogen and oxygen atoms in total. The first-order chi connectivity index (χ1) is 10.5. The number of sulfonamides is 1. The molecular weight excluding hydrogens is 308 g/mol. The molecule has 0 unspecified atom stereocenters. The molecule has 2 rings (SSSR count). The number of ether oxygens (including phenoxy) is 2. The highest BCUT2D eigenvalue weighted by atomic mass is 32.2. The minimum absolute atomic E-state index is 0.0265. The van der Waals surface area contributed by atoms with E-state index in [4.69, 9.17) is 4.74 Å². The van der Waals surface area contributed by atoms with Crippen LogP contribution in [0.3, 0.4) is 0 Å². The number of rotatable bonds is 6. The Morgan fingerprint density at radius 1 is 1.23 bits per heavy atom. The molecule has 0 aliphatic carbocycles. The van der Waals surface area contributed by atoms with Crippen LogP contribution in [0.15, 0.2) is 41.4 Å². The molecule has 2 aromatic rings. The quantitative estimate of drug-likeness (QED) is 0.780. The molecule has 1 aromatic heterocycles. The molecule has 0 aliphatic rings. The average molecular weight is 324 g/mol. The van der Waals surface area contributed by atoms with E-state index in [1.54, 1.807) is 31.4 Å². The van der Waals surface area contributed by atoms with Crippen LogP contribution in [-0.4, -0.2) is 33.6 Å². The predicted octanol–water partition coefficient (Wildman–Crippen LogP) is 1.29. The lowest BCUT2D eigenvalue weighted by Crippen LogP contribution is -2.22. The summed E-state index contributed by atoms with van der Waals surface area (Å²) in [5.41, 5.74) is 0.862. The first-order valence-electron chi connectivity index (χ1n) is 6.35. The van der Waals surface area contributed by atoms with Crippen molar-refractivity contribution in [2.45, 2.75) is 11.4 Å². The van der Waals surface area contributed by atoms with E-state index < -0.39 is 16.0 Å². The molecule has 0 radical (unpaired) electrons. The van der Waals surface area contributed by atoms with Gasteiger partial charge in [-0.3, -0.25) is 0 Å². The van der Waals surface area contributed by atoms with Gasteiger partial charge >= 0.3 is 5.97 Å². The smallest absolute Gasteiger partial charge is 0.354 e. The molecule has 0 amide bonds. The van der Waals surface area contributed by atoms with Gasteiger partial charge < -0.3 is 14.5 Å². The lowest BCUT2D eigenvalue weighted by molar-refractivity contribution is 0.0595. The predicted molar refractivity (Wildman–Crippen MR) is 79.2 cm³/mol. The number of esters is 1. The Labute approximate surface area is 128 Å². The summed E-state index contributed by atoms with van der Waals surface area (Å²) in [6.07, 6.45) is 1.24. The first kappa shape index (κ1) is 16.1. The van der Waals surface area contributed by atoms with Crippen molar-refractivity contribution in [1.82, 2.24) is 9.71 Å². The summed E-state index contributed by atoms with van der Waals surface area (Å²) in [7, 11) is -0.936. The molecule has 1 aromatic carbocycles. The van der Waals surface area contributed by atoms with Gasteiger partial charge in [0, 0.05) is 12.7 Å². The maximum Gasteiger partial charge on any atom is 0.354 e. The van der Waals surface area contributed by atoms with E-state index in [0.29, 0.717) is 5.75 Å². The van der Waals surface area contributed by atoms with Crippen LogP contribution in [0.25, 0.3) is 0 Å². The van der Waals surface area contributed by atoms with Gasteiger partial charge in [0.15, 0.2) is 0 Å². The van der Waals surface area contributed by atoms with Crippen LogP contribution in [0.4, 0.5) is 0 Å². The van der Waals surface area contributed by atoms with Gasteiger partial charge in [-0.1, -0.05) is 12.1 Å².